The molecule has 0 spiro atoms. The van der Waals surface area contributed by atoms with Gasteiger partial charge in [0, 0.05) is 13.0 Å². The molecular weight excluding hydrogens is 249 g/mol. The van der Waals surface area contributed by atoms with Crippen molar-refractivity contribution in [3.63, 3.8) is 0 Å². The van der Waals surface area contributed by atoms with Crippen molar-refractivity contribution in [3.05, 3.63) is 17.8 Å². The molecule has 8 heteroatoms. The molecule has 1 rings (SSSR count). The molecule has 0 atom stereocenters. The molecule has 0 bridgehead atoms. The lowest BCUT2D eigenvalue weighted by Gasteiger charge is -2.07. The molecule has 5 nitrogen and oxygen atoms in total. The van der Waals surface area contributed by atoms with E-state index in [9.17, 15) is 18.0 Å². The van der Waals surface area contributed by atoms with Crippen molar-refractivity contribution >= 4 is 11.7 Å². The highest BCUT2D eigenvalue weighted by molar-refractivity contribution is 5.90. The Labute approximate surface area is 102 Å². The van der Waals surface area contributed by atoms with Crippen LogP contribution in [-0.2, 0) is 0 Å². The van der Waals surface area contributed by atoms with Crippen molar-refractivity contribution in [2.24, 2.45) is 5.73 Å². The largest absolute Gasteiger partial charge is 0.389 e. The summed E-state index contributed by atoms with van der Waals surface area (Å²) in [5.41, 5.74) is 5.02. The number of nitrogens with one attached hydrogen (secondary N) is 1. The van der Waals surface area contributed by atoms with Crippen LogP contribution in [0.1, 0.15) is 29.8 Å². The standard InChI is InChI=1S/C10H13F3N4O/c11-10(12,13)5-1-2-6-15-8-4-3-7(9(14)18)16-17-8/h3-4H,1-2,5-6H2,(H2,14,18)(H,15,17). The second-order valence-electron chi connectivity index (χ2n) is 3.67. The fourth-order valence-electron chi connectivity index (χ4n) is 1.22. The first-order valence-electron chi connectivity index (χ1n) is 5.32. The Hall–Kier alpha value is -1.86. The Morgan fingerprint density at radius 3 is 2.50 bits per heavy atom. The molecule has 0 unspecified atom stereocenters. The molecule has 0 aliphatic carbocycles. The Kier molecular flexibility index (Phi) is 4.87. The summed E-state index contributed by atoms with van der Waals surface area (Å²) >= 11 is 0. The van der Waals surface area contributed by atoms with Crippen molar-refractivity contribution in [2.75, 3.05) is 11.9 Å². The third kappa shape index (κ3) is 5.46. The Morgan fingerprint density at radius 1 is 1.28 bits per heavy atom. The maximum absolute atomic E-state index is 11.8. The molecule has 3 N–H and O–H groups in total. The third-order valence-corrected chi connectivity index (χ3v) is 2.11. The van der Waals surface area contributed by atoms with Crippen LogP contribution < -0.4 is 11.1 Å². The molecule has 0 radical (unpaired) electrons. The highest BCUT2D eigenvalue weighted by Crippen LogP contribution is 2.21. The zero-order valence-corrected chi connectivity index (χ0v) is 9.50. The first-order valence-corrected chi connectivity index (χ1v) is 5.32. The van der Waals surface area contributed by atoms with Crippen molar-refractivity contribution in [2.45, 2.75) is 25.4 Å². The van der Waals surface area contributed by atoms with Crippen molar-refractivity contribution in [1.29, 1.82) is 0 Å². The van der Waals surface area contributed by atoms with E-state index in [1.165, 1.54) is 12.1 Å². The topological polar surface area (TPSA) is 80.9 Å². The molecular formula is C10H13F3N4O. The second kappa shape index (κ2) is 6.18. The number of carbonyl (C=O) groups excluding carboxylic acids is 1. The van der Waals surface area contributed by atoms with Gasteiger partial charge in [-0.3, -0.25) is 4.79 Å². The number of carbonyl (C=O) groups is 1. The van der Waals surface area contributed by atoms with E-state index in [1.54, 1.807) is 0 Å². The van der Waals surface area contributed by atoms with Gasteiger partial charge >= 0.3 is 6.18 Å². The maximum atomic E-state index is 11.8. The van der Waals surface area contributed by atoms with Crippen LogP contribution in [0.2, 0.25) is 0 Å². The van der Waals surface area contributed by atoms with Crippen LogP contribution in [0.3, 0.4) is 0 Å². The van der Waals surface area contributed by atoms with Crippen LogP contribution >= 0.6 is 0 Å². The lowest BCUT2D eigenvalue weighted by molar-refractivity contribution is -0.135. The van der Waals surface area contributed by atoms with Gasteiger partial charge in [-0.1, -0.05) is 0 Å². The van der Waals surface area contributed by atoms with Crippen LogP contribution in [0, 0.1) is 0 Å². The molecule has 18 heavy (non-hydrogen) atoms. The monoisotopic (exact) mass is 262 g/mol. The average molecular weight is 262 g/mol. The first-order chi connectivity index (χ1) is 8.38. The number of amides is 1. The normalized spacial score (nSPS) is 11.3. The quantitative estimate of drug-likeness (QED) is 0.765. The number of hydrogen-bond donors (Lipinski definition) is 2. The minimum absolute atomic E-state index is 0.0395. The van der Waals surface area contributed by atoms with Gasteiger partial charge in [0.05, 0.1) is 0 Å². The minimum Gasteiger partial charge on any atom is -0.369 e. The predicted octanol–water partition coefficient (Wildman–Crippen LogP) is 1.72. The number of nitrogens with two attached hydrogens (primary N) is 1. The van der Waals surface area contributed by atoms with Crippen molar-refractivity contribution in [1.82, 2.24) is 10.2 Å². The summed E-state index contributed by atoms with van der Waals surface area (Å²) in [6, 6.07) is 2.89. The summed E-state index contributed by atoms with van der Waals surface area (Å²) in [5, 5.41) is 10.0. The van der Waals surface area contributed by atoms with E-state index in [-0.39, 0.29) is 12.1 Å². The molecule has 1 amide bonds. The van der Waals surface area contributed by atoms with E-state index >= 15 is 0 Å². The first kappa shape index (κ1) is 14.2. The number of alkyl halides is 3. The molecule has 1 aromatic heterocycles. The van der Waals surface area contributed by atoms with Gasteiger partial charge in [-0.2, -0.15) is 13.2 Å². The Morgan fingerprint density at radius 2 is 2.00 bits per heavy atom. The zero-order valence-electron chi connectivity index (χ0n) is 9.50. The second-order valence-corrected chi connectivity index (χ2v) is 3.67. The van der Waals surface area contributed by atoms with Gasteiger partial charge < -0.3 is 11.1 Å². The smallest absolute Gasteiger partial charge is 0.369 e. The lowest BCUT2D eigenvalue weighted by atomic mass is 10.2. The fourth-order valence-corrected chi connectivity index (χ4v) is 1.22. The van der Waals surface area contributed by atoms with E-state index < -0.39 is 18.5 Å². The highest BCUT2D eigenvalue weighted by atomic mass is 19.4. The minimum atomic E-state index is -4.11. The van der Waals surface area contributed by atoms with E-state index in [1.807, 2.05) is 0 Å². The lowest BCUT2D eigenvalue weighted by Crippen LogP contribution is -2.14. The predicted molar refractivity (Wildman–Crippen MR) is 58.9 cm³/mol. The van der Waals surface area contributed by atoms with Crippen LogP contribution in [0.15, 0.2) is 12.1 Å². The molecule has 0 aromatic carbocycles. The summed E-state index contributed by atoms with van der Waals surface area (Å²) in [6.45, 7) is 0.362. The summed E-state index contributed by atoms with van der Waals surface area (Å²) in [7, 11) is 0. The van der Waals surface area contributed by atoms with E-state index in [4.69, 9.17) is 5.73 Å². The summed E-state index contributed by atoms with van der Waals surface area (Å²) in [6.07, 6.45) is -4.47. The summed E-state index contributed by atoms with van der Waals surface area (Å²) in [4.78, 5) is 10.7. The van der Waals surface area contributed by atoms with Crippen molar-refractivity contribution in [3.8, 4) is 0 Å². The van der Waals surface area contributed by atoms with E-state index in [0.717, 1.165) is 0 Å². The number of aromatic nitrogens is 2. The van der Waals surface area contributed by atoms with Gasteiger partial charge in [0.2, 0.25) is 0 Å². The van der Waals surface area contributed by atoms with E-state index in [2.05, 4.69) is 15.5 Å². The van der Waals surface area contributed by atoms with Gasteiger partial charge in [-0.25, -0.2) is 0 Å². The number of halogens is 3. The number of nitrogens with zero attached hydrogens (tertiary/aromatic N) is 2. The number of rotatable bonds is 6. The molecule has 0 aliphatic rings. The number of primary amides is 1. The van der Waals surface area contributed by atoms with Crippen LogP contribution in [0.4, 0.5) is 19.0 Å². The zero-order chi connectivity index (χ0) is 13.6. The van der Waals surface area contributed by atoms with Crippen LogP contribution in [0.25, 0.3) is 0 Å². The highest BCUT2D eigenvalue weighted by Gasteiger charge is 2.25. The molecule has 0 saturated carbocycles. The van der Waals surface area contributed by atoms with Crippen LogP contribution in [-0.4, -0.2) is 28.8 Å². The molecule has 1 heterocycles. The Balaban J connectivity index is 2.25. The molecule has 100 valence electrons. The number of hydrogen-bond acceptors (Lipinski definition) is 4. The number of anilines is 1. The summed E-state index contributed by atoms with van der Waals surface area (Å²) < 4.78 is 35.5. The maximum Gasteiger partial charge on any atom is 0.389 e. The summed E-state index contributed by atoms with van der Waals surface area (Å²) in [5.74, 6) is -0.286. The van der Waals surface area contributed by atoms with Gasteiger partial charge in [0.1, 0.15) is 5.82 Å². The van der Waals surface area contributed by atoms with Crippen molar-refractivity contribution < 1.29 is 18.0 Å². The SMILES string of the molecule is NC(=O)c1ccc(NCCCCC(F)(F)F)nn1. The van der Waals surface area contributed by atoms with Gasteiger partial charge in [0.15, 0.2) is 5.69 Å². The van der Waals surface area contributed by atoms with Gasteiger partial charge in [-0.05, 0) is 25.0 Å². The van der Waals surface area contributed by atoms with Gasteiger partial charge in [0.25, 0.3) is 5.91 Å². The number of unbranched alkanes of at least 4 members (excludes halogenated alkanes) is 1. The Bertz CT molecular complexity index is 391. The molecule has 0 saturated heterocycles. The molecule has 0 aliphatic heterocycles. The average Bonchev–Trinajstić information content (AvgIpc) is 2.27. The molecule has 1 aromatic rings. The van der Waals surface area contributed by atoms with E-state index in [0.29, 0.717) is 18.8 Å². The fraction of sp³-hybridized carbons (Fsp3) is 0.500. The third-order valence-electron chi connectivity index (χ3n) is 2.11. The molecule has 0 fully saturated rings. The van der Waals surface area contributed by atoms with Crippen LogP contribution in [0.5, 0.6) is 0 Å². The van der Waals surface area contributed by atoms with Gasteiger partial charge in [-0.15, -0.1) is 10.2 Å².